The van der Waals surface area contributed by atoms with Gasteiger partial charge >= 0.3 is 0 Å². The fourth-order valence-electron chi connectivity index (χ4n) is 4.71. The van der Waals surface area contributed by atoms with Gasteiger partial charge in [0.05, 0.1) is 0 Å². The van der Waals surface area contributed by atoms with Crippen molar-refractivity contribution in [1.29, 1.82) is 0 Å². The Bertz CT molecular complexity index is 1140. The third-order valence-corrected chi connectivity index (χ3v) is 9.43. The molecule has 2 aliphatic heterocycles. The smallest absolute Gasteiger partial charge is 0.221 e. The molecule has 2 aliphatic rings. The summed E-state index contributed by atoms with van der Waals surface area (Å²) in [5.41, 5.74) is 1.68. The number of carbonyl (C=O) groups is 1. The minimum absolute atomic E-state index is 0.0192. The van der Waals surface area contributed by atoms with Crippen LogP contribution in [0.15, 0.2) is 42.5 Å². The minimum Gasteiger partial charge on any atom is -0.368 e. The Labute approximate surface area is 200 Å². The van der Waals surface area contributed by atoms with E-state index in [-0.39, 0.29) is 18.5 Å². The lowest BCUT2D eigenvalue weighted by Gasteiger charge is -2.38. The average Bonchev–Trinajstić information content (AvgIpc) is 2.78. The lowest BCUT2D eigenvalue weighted by molar-refractivity contribution is -0.129. The van der Waals surface area contributed by atoms with Crippen molar-refractivity contribution in [2.45, 2.75) is 44.5 Å². The molecule has 0 aliphatic carbocycles. The molecule has 2 fully saturated rings. The molecule has 178 valence electrons. The normalized spacial score (nSPS) is 23.5. The molecule has 9 heteroatoms. The standard InChI is InChI=1S/C24H29ClFN3O3S/c1-17-7-10-24(21-5-3-4-6-22(21)25)33(31,32)29(17)16-19-8-9-20(15-23(19)26)28-13-11-27(12-14-28)18(2)30/h3-6,8-9,15,17,24H,7,10-14,16H2,1-2H3/t17-,24-/m0/s1. The van der Waals surface area contributed by atoms with Crippen LogP contribution in [0.5, 0.6) is 0 Å². The van der Waals surface area contributed by atoms with Gasteiger partial charge in [0.15, 0.2) is 0 Å². The average molecular weight is 494 g/mol. The molecule has 1 amide bonds. The highest BCUT2D eigenvalue weighted by Gasteiger charge is 2.41. The summed E-state index contributed by atoms with van der Waals surface area (Å²) in [7, 11) is -3.71. The third-order valence-electron chi connectivity index (χ3n) is 6.73. The van der Waals surface area contributed by atoms with E-state index in [0.717, 1.165) is 5.69 Å². The number of piperazine rings is 1. The SMILES string of the molecule is CC(=O)N1CCN(c2ccc(CN3[C@@H](C)CC[C@@H](c4ccccc4Cl)S3(=O)=O)c(F)c2)CC1. The third kappa shape index (κ3) is 4.88. The Morgan fingerprint density at radius 1 is 1.09 bits per heavy atom. The Morgan fingerprint density at radius 3 is 2.42 bits per heavy atom. The first-order valence-corrected chi connectivity index (χ1v) is 13.1. The van der Waals surface area contributed by atoms with Crippen molar-refractivity contribution in [1.82, 2.24) is 9.21 Å². The van der Waals surface area contributed by atoms with E-state index in [1.807, 2.05) is 17.9 Å². The zero-order valence-corrected chi connectivity index (χ0v) is 20.4. The summed E-state index contributed by atoms with van der Waals surface area (Å²) in [6.07, 6.45) is 1.16. The zero-order chi connectivity index (χ0) is 23.8. The van der Waals surface area contributed by atoms with E-state index in [0.29, 0.717) is 55.2 Å². The first-order valence-electron chi connectivity index (χ1n) is 11.2. The second-order valence-corrected chi connectivity index (χ2v) is 11.3. The molecule has 0 saturated carbocycles. The van der Waals surface area contributed by atoms with E-state index in [2.05, 4.69) is 0 Å². The van der Waals surface area contributed by atoms with Gasteiger partial charge in [-0.2, -0.15) is 4.31 Å². The summed E-state index contributed by atoms with van der Waals surface area (Å²) in [5, 5.41) is -0.303. The van der Waals surface area contributed by atoms with Crippen LogP contribution in [0.25, 0.3) is 0 Å². The summed E-state index contributed by atoms with van der Waals surface area (Å²) in [6.45, 7) is 5.87. The van der Waals surface area contributed by atoms with Gasteiger partial charge in [0.25, 0.3) is 0 Å². The number of hydrogen-bond acceptors (Lipinski definition) is 4. The van der Waals surface area contributed by atoms with Crippen LogP contribution in [0.2, 0.25) is 5.02 Å². The van der Waals surface area contributed by atoms with Crippen molar-refractivity contribution < 1.29 is 17.6 Å². The predicted octanol–water partition coefficient (Wildman–Crippen LogP) is 4.20. The molecule has 2 heterocycles. The minimum atomic E-state index is -3.71. The van der Waals surface area contributed by atoms with Crippen molar-refractivity contribution in [3.05, 3.63) is 64.4 Å². The van der Waals surface area contributed by atoms with Gasteiger partial charge in [0.2, 0.25) is 15.9 Å². The van der Waals surface area contributed by atoms with Crippen LogP contribution in [0, 0.1) is 5.82 Å². The summed E-state index contributed by atoms with van der Waals surface area (Å²) >= 11 is 6.30. The molecule has 33 heavy (non-hydrogen) atoms. The maximum absolute atomic E-state index is 15.1. The van der Waals surface area contributed by atoms with Crippen LogP contribution >= 0.6 is 11.6 Å². The van der Waals surface area contributed by atoms with E-state index in [9.17, 15) is 13.2 Å². The monoisotopic (exact) mass is 493 g/mol. The summed E-state index contributed by atoms with van der Waals surface area (Å²) < 4.78 is 43.5. The molecule has 0 aromatic heterocycles. The van der Waals surface area contributed by atoms with E-state index in [1.54, 1.807) is 42.2 Å². The van der Waals surface area contributed by atoms with Crippen molar-refractivity contribution in [2.24, 2.45) is 0 Å². The Balaban J connectivity index is 1.53. The van der Waals surface area contributed by atoms with Crippen LogP contribution < -0.4 is 4.90 Å². The fraction of sp³-hybridized carbons (Fsp3) is 0.458. The molecule has 0 spiro atoms. The number of sulfonamides is 1. The molecule has 4 rings (SSSR count). The van der Waals surface area contributed by atoms with Crippen LogP contribution in [0.4, 0.5) is 10.1 Å². The molecule has 2 aromatic carbocycles. The first kappa shape index (κ1) is 24.0. The number of benzene rings is 2. The maximum atomic E-state index is 15.1. The van der Waals surface area contributed by atoms with Crippen LogP contribution in [-0.2, 0) is 21.4 Å². The van der Waals surface area contributed by atoms with Gasteiger partial charge in [-0.25, -0.2) is 12.8 Å². The van der Waals surface area contributed by atoms with Crippen LogP contribution in [0.3, 0.4) is 0 Å². The van der Waals surface area contributed by atoms with Gasteiger partial charge in [-0.05, 0) is 43.5 Å². The highest BCUT2D eigenvalue weighted by atomic mass is 35.5. The topological polar surface area (TPSA) is 60.9 Å². The molecular formula is C24H29ClFN3O3S. The fourth-order valence-corrected chi connectivity index (χ4v) is 7.25. The predicted molar refractivity (Wildman–Crippen MR) is 128 cm³/mol. The first-order chi connectivity index (χ1) is 15.7. The summed E-state index contributed by atoms with van der Waals surface area (Å²) in [5.74, 6) is -0.383. The Hall–Kier alpha value is -2.16. The van der Waals surface area contributed by atoms with Crippen molar-refractivity contribution in [3.63, 3.8) is 0 Å². The quantitative estimate of drug-likeness (QED) is 0.640. The summed E-state index contributed by atoms with van der Waals surface area (Å²) in [6, 6.07) is 11.7. The molecule has 2 aromatic rings. The van der Waals surface area contributed by atoms with Gasteiger partial charge in [0.1, 0.15) is 11.1 Å². The highest BCUT2D eigenvalue weighted by Crippen LogP contribution is 2.40. The van der Waals surface area contributed by atoms with E-state index in [4.69, 9.17) is 11.6 Å². The van der Waals surface area contributed by atoms with Crippen molar-refractivity contribution in [2.75, 3.05) is 31.1 Å². The maximum Gasteiger partial charge on any atom is 0.221 e. The van der Waals surface area contributed by atoms with Gasteiger partial charge < -0.3 is 9.80 Å². The largest absolute Gasteiger partial charge is 0.368 e. The van der Waals surface area contributed by atoms with Crippen LogP contribution in [-0.4, -0.2) is 55.8 Å². The van der Waals surface area contributed by atoms with Crippen LogP contribution in [0.1, 0.15) is 43.1 Å². The number of amides is 1. The molecule has 0 N–H and O–H groups in total. The zero-order valence-electron chi connectivity index (χ0n) is 18.9. The van der Waals surface area contributed by atoms with Gasteiger partial charge in [0, 0.05) is 62.0 Å². The molecule has 2 atom stereocenters. The number of carbonyl (C=O) groups excluding carboxylic acids is 1. The van der Waals surface area contributed by atoms with Gasteiger partial charge in [-0.3, -0.25) is 4.79 Å². The second-order valence-electron chi connectivity index (χ2n) is 8.80. The summed E-state index contributed by atoms with van der Waals surface area (Å²) in [4.78, 5) is 15.3. The molecule has 0 unspecified atom stereocenters. The molecule has 6 nitrogen and oxygen atoms in total. The molecule has 0 radical (unpaired) electrons. The molecule has 2 saturated heterocycles. The second kappa shape index (κ2) is 9.60. The molecular weight excluding hydrogens is 465 g/mol. The lowest BCUT2D eigenvalue weighted by atomic mass is 10.0. The number of hydrogen-bond donors (Lipinski definition) is 0. The van der Waals surface area contributed by atoms with Crippen molar-refractivity contribution in [3.8, 4) is 0 Å². The van der Waals surface area contributed by atoms with E-state index >= 15 is 4.39 Å². The number of rotatable bonds is 4. The van der Waals surface area contributed by atoms with Crippen molar-refractivity contribution >= 4 is 33.2 Å². The Morgan fingerprint density at radius 2 is 1.79 bits per heavy atom. The highest BCUT2D eigenvalue weighted by molar-refractivity contribution is 7.89. The number of halogens is 2. The van der Waals surface area contributed by atoms with Gasteiger partial charge in [-0.1, -0.05) is 35.9 Å². The van der Waals surface area contributed by atoms with E-state index in [1.165, 1.54) is 10.4 Å². The van der Waals surface area contributed by atoms with Gasteiger partial charge in [-0.15, -0.1) is 0 Å². The Kier molecular flexibility index (Phi) is 6.98. The lowest BCUT2D eigenvalue weighted by Crippen LogP contribution is -2.48. The number of nitrogens with zero attached hydrogens (tertiary/aromatic N) is 3. The molecule has 0 bridgehead atoms. The number of anilines is 1. The van der Waals surface area contributed by atoms with E-state index < -0.39 is 21.1 Å².